The molecule has 4 nitrogen and oxygen atoms in total. The second kappa shape index (κ2) is 7.53. The van der Waals surface area contributed by atoms with Crippen molar-refractivity contribution in [3.05, 3.63) is 47.4 Å². The summed E-state index contributed by atoms with van der Waals surface area (Å²) >= 11 is 0. The van der Waals surface area contributed by atoms with Crippen molar-refractivity contribution in [1.82, 2.24) is 4.90 Å². The zero-order chi connectivity index (χ0) is 14.3. The topological polar surface area (TPSA) is 55.6 Å². The Morgan fingerprint density at radius 3 is 2.63 bits per heavy atom. The second-order valence-electron chi connectivity index (χ2n) is 4.42. The van der Waals surface area contributed by atoms with Crippen LogP contribution in [-0.4, -0.2) is 31.1 Å². The van der Waals surface area contributed by atoms with Gasteiger partial charge in [-0.15, -0.1) is 0 Å². The van der Waals surface area contributed by atoms with Gasteiger partial charge in [0, 0.05) is 24.9 Å². The number of likely N-dealkylation sites (N-methyl/N-ethyl adjacent to an activating group) is 1. The zero-order valence-corrected chi connectivity index (χ0v) is 11.2. The predicted octanol–water partition coefficient (Wildman–Crippen LogP) is 1.66. The lowest BCUT2D eigenvalue weighted by Crippen LogP contribution is -2.23. The minimum Gasteiger partial charge on any atom is -0.461 e. The SMILES string of the molecule is CC(N)=CC(=O)OCCN(C)Cc1ccc(F)cc1. The number of carbonyl (C=O) groups is 1. The van der Waals surface area contributed by atoms with Crippen molar-refractivity contribution in [2.45, 2.75) is 13.5 Å². The van der Waals surface area contributed by atoms with Crippen LogP contribution >= 0.6 is 0 Å². The van der Waals surface area contributed by atoms with Crippen LogP contribution in [0.1, 0.15) is 12.5 Å². The maximum absolute atomic E-state index is 12.7. The lowest BCUT2D eigenvalue weighted by molar-refractivity contribution is -0.138. The van der Waals surface area contributed by atoms with E-state index in [1.54, 1.807) is 19.1 Å². The molecule has 1 aromatic carbocycles. The van der Waals surface area contributed by atoms with Crippen molar-refractivity contribution in [3.63, 3.8) is 0 Å². The lowest BCUT2D eigenvalue weighted by Gasteiger charge is -2.16. The number of hydrogen-bond donors (Lipinski definition) is 1. The molecule has 0 aliphatic heterocycles. The van der Waals surface area contributed by atoms with Crippen LogP contribution in [0.4, 0.5) is 4.39 Å². The fourth-order valence-corrected chi connectivity index (χ4v) is 1.51. The van der Waals surface area contributed by atoms with Crippen molar-refractivity contribution in [3.8, 4) is 0 Å². The summed E-state index contributed by atoms with van der Waals surface area (Å²) in [5.74, 6) is -0.681. The van der Waals surface area contributed by atoms with Crippen molar-refractivity contribution in [2.75, 3.05) is 20.2 Å². The van der Waals surface area contributed by atoms with Gasteiger partial charge in [0.25, 0.3) is 0 Å². The summed E-state index contributed by atoms with van der Waals surface area (Å²) < 4.78 is 17.7. The molecule has 0 aliphatic carbocycles. The normalized spacial score (nSPS) is 11.7. The Labute approximate surface area is 112 Å². The largest absolute Gasteiger partial charge is 0.461 e. The van der Waals surface area contributed by atoms with E-state index >= 15 is 0 Å². The molecule has 1 rings (SSSR count). The van der Waals surface area contributed by atoms with E-state index in [0.29, 0.717) is 25.4 Å². The summed E-state index contributed by atoms with van der Waals surface area (Å²) in [7, 11) is 1.90. The summed E-state index contributed by atoms with van der Waals surface area (Å²) in [6.45, 7) is 3.19. The molecule has 0 amide bonds. The third-order valence-corrected chi connectivity index (χ3v) is 2.43. The molecule has 0 aliphatic rings. The number of carbonyl (C=O) groups excluding carboxylic acids is 1. The fourth-order valence-electron chi connectivity index (χ4n) is 1.51. The van der Waals surface area contributed by atoms with Gasteiger partial charge in [0.05, 0.1) is 0 Å². The molecule has 0 radical (unpaired) electrons. The highest BCUT2D eigenvalue weighted by Crippen LogP contribution is 2.05. The quantitative estimate of drug-likeness (QED) is 0.628. The van der Waals surface area contributed by atoms with Gasteiger partial charge < -0.3 is 10.5 Å². The molecule has 5 heteroatoms. The van der Waals surface area contributed by atoms with E-state index in [1.807, 2.05) is 11.9 Å². The molecule has 1 aromatic rings. The van der Waals surface area contributed by atoms with Crippen molar-refractivity contribution >= 4 is 5.97 Å². The summed E-state index contributed by atoms with van der Waals surface area (Å²) in [6.07, 6.45) is 1.25. The molecule has 2 N–H and O–H groups in total. The van der Waals surface area contributed by atoms with E-state index in [-0.39, 0.29) is 5.82 Å². The van der Waals surface area contributed by atoms with E-state index in [1.165, 1.54) is 18.2 Å². The van der Waals surface area contributed by atoms with Gasteiger partial charge in [-0.1, -0.05) is 12.1 Å². The number of allylic oxidation sites excluding steroid dienone is 1. The molecule has 0 fully saturated rings. The molecule has 0 unspecified atom stereocenters. The molecular weight excluding hydrogens is 247 g/mol. The van der Waals surface area contributed by atoms with Crippen molar-refractivity contribution in [1.29, 1.82) is 0 Å². The van der Waals surface area contributed by atoms with Gasteiger partial charge in [0.2, 0.25) is 0 Å². The first-order valence-corrected chi connectivity index (χ1v) is 6.01. The first-order valence-electron chi connectivity index (χ1n) is 6.01. The number of esters is 1. The first kappa shape index (κ1) is 15.2. The van der Waals surface area contributed by atoms with Gasteiger partial charge in [-0.05, 0) is 31.7 Å². The van der Waals surface area contributed by atoms with Gasteiger partial charge >= 0.3 is 5.97 Å². The van der Waals surface area contributed by atoms with E-state index in [9.17, 15) is 9.18 Å². The standard InChI is InChI=1S/C14H19FN2O2/c1-11(16)9-14(18)19-8-7-17(2)10-12-3-5-13(15)6-4-12/h3-6,9H,7-8,10,16H2,1-2H3. The number of nitrogens with two attached hydrogens (primary N) is 1. The molecule has 0 bridgehead atoms. The molecule has 104 valence electrons. The van der Waals surface area contributed by atoms with Crippen LogP contribution < -0.4 is 5.73 Å². The second-order valence-corrected chi connectivity index (χ2v) is 4.42. The van der Waals surface area contributed by atoms with Crippen LogP contribution in [0.2, 0.25) is 0 Å². The van der Waals surface area contributed by atoms with E-state index in [4.69, 9.17) is 10.5 Å². The minimum absolute atomic E-state index is 0.246. The third kappa shape index (κ3) is 6.57. The van der Waals surface area contributed by atoms with Crippen LogP contribution in [0.25, 0.3) is 0 Å². The van der Waals surface area contributed by atoms with Crippen molar-refractivity contribution in [2.24, 2.45) is 5.73 Å². The maximum Gasteiger partial charge on any atom is 0.332 e. The highest BCUT2D eigenvalue weighted by atomic mass is 19.1. The lowest BCUT2D eigenvalue weighted by atomic mass is 10.2. The number of ether oxygens (including phenoxy) is 1. The molecule has 0 atom stereocenters. The molecule has 0 heterocycles. The maximum atomic E-state index is 12.7. The zero-order valence-electron chi connectivity index (χ0n) is 11.2. The number of hydrogen-bond acceptors (Lipinski definition) is 4. The summed E-state index contributed by atoms with van der Waals surface area (Å²) in [5, 5.41) is 0. The highest BCUT2D eigenvalue weighted by Gasteiger charge is 2.03. The van der Waals surface area contributed by atoms with Gasteiger partial charge in [-0.3, -0.25) is 4.90 Å². The monoisotopic (exact) mass is 266 g/mol. The summed E-state index contributed by atoms with van der Waals surface area (Å²) in [6, 6.07) is 6.33. The van der Waals surface area contributed by atoms with Crippen LogP contribution in [0, 0.1) is 5.82 Å². The van der Waals surface area contributed by atoms with Crippen molar-refractivity contribution < 1.29 is 13.9 Å². The van der Waals surface area contributed by atoms with E-state index in [2.05, 4.69) is 0 Å². The summed E-state index contributed by atoms with van der Waals surface area (Å²) in [4.78, 5) is 13.2. The molecular formula is C14H19FN2O2. The van der Waals surface area contributed by atoms with E-state index < -0.39 is 5.97 Å². The third-order valence-electron chi connectivity index (χ3n) is 2.43. The average Bonchev–Trinajstić information content (AvgIpc) is 2.31. The van der Waals surface area contributed by atoms with Gasteiger partial charge in [-0.25, -0.2) is 9.18 Å². The highest BCUT2D eigenvalue weighted by molar-refractivity contribution is 5.82. The first-order chi connectivity index (χ1) is 8.97. The molecule has 0 aromatic heterocycles. The number of nitrogens with zero attached hydrogens (tertiary/aromatic N) is 1. The summed E-state index contributed by atoms with van der Waals surface area (Å²) in [5.41, 5.74) is 6.79. The molecule has 0 spiro atoms. The average molecular weight is 266 g/mol. The van der Waals surface area contributed by atoms with E-state index in [0.717, 1.165) is 5.56 Å². The Morgan fingerprint density at radius 2 is 2.05 bits per heavy atom. The Balaban J connectivity index is 2.28. The Morgan fingerprint density at radius 1 is 1.42 bits per heavy atom. The van der Waals surface area contributed by atoms with Crippen LogP contribution in [-0.2, 0) is 16.1 Å². The van der Waals surface area contributed by atoms with Crippen LogP contribution in [0.3, 0.4) is 0 Å². The number of benzene rings is 1. The smallest absolute Gasteiger partial charge is 0.332 e. The van der Waals surface area contributed by atoms with Gasteiger partial charge in [0.1, 0.15) is 12.4 Å². The van der Waals surface area contributed by atoms with Crippen LogP contribution in [0.5, 0.6) is 0 Å². The molecule has 0 saturated carbocycles. The number of rotatable bonds is 6. The Kier molecular flexibility index (Phi) is 6.02. The molecule has 0 saturated heterocycles. The number of halogens is 1. The Bertz CT molecular complexity index is 439. The van der Waals surface area contributed by atoms with Crippen LogP contribution in [0.15, 0.2) is 36.0 Å². The Hall–Kier alpha value is -1.88. The fraction of sp³-hybridized carbons (Fsp3) is 0.357. The predicted molar refractivity (Wildman–Crippen MR) is 71.6 cm³/mol. The van der Waals surface area contributed by atoms with Gasteiger partial charge in [0.15, 0.2) is 0 Å². The molecule has 19 heavy (non-hydrogen) atoms. The van der Waals surface area contributed by atoms with Gasteiger partial charge in [-0.2, -0.15) is 0 Å². The minimum atomic E-state index is -0.435.